The average Bonchev–Trinajstić information content (AvgIpc) is 3.21. The Balaban J connectivity index is 1.79. The number of nitrogens with one attached hydrogen (secondary N) is 2. The van der Waals surface area contributed by atoms with Gasteiger partial charge in [0.25, 0.3) is 5.91 Å². The summed E-state index contributed by atoms with van der Waals surface area (Å²) in [6, 6.07) is 15.5. The zero-order valence-electron chi connectivity index (χ0n) is 15.8. The van der Waals surface area contributed by atoms with Crippen LogP contribution in [0.1, 0.15) is 48.5 Å². The summed E-state index contributed by atoms with van der Waals surface area (Å²) in [5.41, 5.74) is 3.27. The first-order chi connectivity index (χ1) is 13.2. The Morgan fingerprint density at radius 3 is 2.48 bits per heavy atom. The highest BCUT2D eigenvalue weighted by atomic mass is 16.2. The first-order valence-corrected chi connectivity index (χ1v) is 9.68. The van der Waals surface area contributed by atoms with Crippen molar-refractivity contribution in [2.24, 2.45) is 0 Å². The van der Waals surface area contributed by atoms with Gasteiger partial charge in [-0.3, -0.25) is 9.59 Å². The van der Waals surface area contributed by atoms with Gasteiger partial charge in [-0.05, 0) is 43.0 Å². The van der Waals surface area contributed by atoms with Gasteiger partial charge in [-0.15, -0.1) is 0 Å². The summed E-state index contributed by atoms with van der Waals surface area (Å²) in [6.45, 7) is 4.37. The molecule has 1 aliphatic rings. The lowest BCUT2D eigenvalue weighted by Crippen LogP contribution is -2.27. The molecule has 27 heavy (non-hydrogen) atoms. The lowest BCUT2D eigenvalue weighted by Gasteiger charge is -2.22. The van der Waals surface area contributed by atoms with Crippen molar-refractivity contribution in [3.63, 3.8) is 0 Å². The molecule has 142 valence electrons. The van der Waals surface area contributed by atoms with Crippen molar-refractivity contribution in [2.45, 2.75) is 39.2 Å². The first kappa shape index (κ1) is 19.0. The topological polar surface area (TPSA) is 61.4 Å². The number of carbonyl (C=O) groups is 2. The molecule has 1 fully saturated rings. The third-order valence-electron chi connectivity index (χ3n) is 4.74. The smallest absolute Gasteiger partial charge is 0.253 e. The van der Waals surface area contributed by atoms with Gasteiger partial charge in [0.1, 0.15) is 0 Å². The van der Waals surface area contributed by atoms with E-state index in [4.69, 9.17) is 0 Å². The third kappa shape index (κ3) is 5.09. The minimum atomic E-state index is -0.118. The standard InChI is InChI=1S/C22H27N3O2/c1-2-8-21(26)24-18-11-12-20(25-13-6-7-14-25)19(15-18)22(27)23-16-17-9-4-3-5-10-17/h3-5,9-12,15H,2,6-8,13-14,16H2,1H3,(H,23,27)(H,24,26). The van der Waals surface area contributed by atoms with E-state index in [-0.39, 0.29) is 11.8 Å². The predicted octanol–water partition coefficient (Wildman–Crippen LogP) is 3.96. The summed E-state index contributed by atoms with van der Waals surface area (Å²) < 4.78 is 0. The van der Waals surface area contributed by atoms with Crippen LogP contribution in [0.2, 0.25) is 0 Å². The van der Waals surface area contributed by atoms with E-state index >= 15 is 0 Å². The summed E-state index contributed by atoms with van der Waals surface area (Å²) in [5, 5.41) is 5.90. The highest BCUT2D eigenvalue weighted by Crippen LogP contribution is 2.27. The summed E-state index contributed by atoms with van der Waals surface area (Å²) >= 11 is 0. The zero-order valence-corrected chi connectivity index (χ0v) is 15.8. The maximum absolute atomic E-state index is 12.9. The molecule has 1 aliphatic heterocycles. The largest absolute Gasteiger partial charge is 0.371 e. The molecule has 3 rings (SSSR count). The van der Waals surface area contributed by atoms with Crippen LogP contribution in [0.15, 0.2) is 48.5 Å². The van der Waals surface area contributed by atoms with Crippen molar-refractivity contribution in [3.05, 3.63) is 59.7 Å². The summed E-state index contributed by atoms with van der Waals surface area (Å²) in [5.74, 6) is -0.144. The zero-order chi connectivity index (χ0) is 19.1. The van der Waals surface area contributed by atoms with E-state index in [2.05, 4.69) is 15.5 Å². The Hall–Kier alpha value is -2.82. The summed E-state index contributed by atoms with van der Waals surface area (Å²) in [6.07, 6.45) is 3.55. The maximum Gasteiger partial charge on any atom is 0.253 e. The van der Waals surface area contributed by atoms with Crippen LogP contribution >= 0.6 is 0 Å². The van der Waals surface area contributed by atoms with Crippen molar-refractivity contribution in [1.29, 1.82) is 0 Å². The molecule has 2 amide bonds. The van der Waals surface area contributed by atoms with Crippen molar-refractivity contribution >= 4 is 23.2 Å². The van der Waals surface area contributed by atoms with Gasteiger partial charge in [0.05, 0.1) is 5.56 Å². The second-order valence-electron chi connectivity index (χ2n) is 6.89. The number of rotatable bonds is 7. The number of carbonyl (C=O) groups excluding carboxylic acids is 2. The Labute approximate surface area is 160 Å². The Morgan fingerprint density at radius 2 is 1.78 bits per heavy atom. The number of nitrogens with zero attached hydrogens (tertiary/aromatic N) is 1. The van der Waals surface area contributed by atoms with Gasteiger partial charge in [-0.2, -0.15) is 0 Å². The Kier molecular flexibility index (Phi) is 6.47. The molecule has 2 aromatic carbocycles. The van der Waals surface area contributed by atoms with Crippen LogP contribution in [0.3, 0.4) is 0 Å². The molecule has 1 heterocycles. The number of hydrogen-bond acceptors (Lipinski definition) is 3. The average molecular weight is 365 g/mol. The quantitative estimate of drug-likeness (QED) is 0.781. The lowest BCUT2D eigenvalue weighted by atomic mass is 10.1. The third-order valence-corrected chi connectivity index (χ3v) is 4.74. The van der Waals surface area contributed by atoms with Crippen molar-refractivity contribution in [3.8, 4) is 0 Å². The van der Waals surface area contributed by atoms with E-state index in [1.165, 1.54) is 0 Å². The molecule has 0 bridgehead atoms. The van der Waals surface area contributed by atoms with Gasteiger partial charge in [0, 0.05) is 37.4 Å². The highest BCUT2D eigenvalue weighted by molar-refractivity contribution is 6.02. The highest BCUT2D eigenvalue weighted by Gasteiger charge is 2.20. The van der Waals surface area contributed by atoms with Crippen LogP contribution in [0.25, 0.3) is 0 Å². The number of hydrogen-bond donors (Lipinski definition) is 2. The second kappa shape index (κ2) is 9.21. The van der Waals surface area contributed by atoms with E-state index in [1.807, 2.05) is 49.4 Å². The molecule has 0 atom stereocenters. The van der Waals surface area contributed by atoms with E-state index in [9.17, 15) is 9.59 Å². The molecule has 0 aliphatic carbocycles. The van der Waals surface area contributed by atoms with Gasteiger partial charge >= 0.3 is 0 Å². The van der Waals surface area contributed by atoms with Crippen LogP contribution in [0.4, 0.5) is 11.4 Å². The van der Waals surface area contributed by atoms with Gasteiger partial charge in [-0.1, -0.05) is 37.3 Å². The molecule has 0 spiro atoms. The molecule has 0 radical (unpaired) electrons. The molecule has 5 nitrogen and oxygen atoms in total. The van der Waals surface area contributed by atoms with Gasteiger partial charge in [-0.25, -0.2) is 0 Å². The number of amides is 2. The molecule has 0 unspecified atom stereocenters. The second-order valence-corrected chi connectivity index (χ2v) is 6.89. The minimum absolute atomic E-state index is 0.0259. The van der Waals surface area contributed by atoms with Crippen LogP contribution in [-0.2, 0) is 11.3 Å². The Morgan fingerprint density at radius 1 is 1.04 bits per heavy atom. The normalized spacial score (nSPS) is 13.4. The fourth-order valence-corrected chi connectivity index (χ4v) is 3.35. The van der Waals surface area contributed by atoms with Gasteiger partial charge in [0.2, 0.25) is 5.91 Å². The van der Waals surface area contributed by atoms with E-state index in [0.29, 0.717) is 24.2 Å². The van der Waals surface area contributed by atoms with Gasteiger partial charge in [0.15, 0.2) is 0 Å². The fourth-order valence-electron chi connectivity index (χ4n) is 3.35. The van der Waals surface area contributed by atoms with E-state index in [0.717, 1.165) is 43.6 Å². The fraction of sp³-hybridized carbons (Fsp3) is 0.364. The summed E-state index contributed by atoms with van der Waals surface area (Å²) in [4.78, 5) is 27.1. The maximum atomic E-state index is 12.9. The number of anilines is 2. The van der Waals surface area contributed by atoms with Crippen molar-refractivity contribution in [1.82, 2.24) is 5.32 Å². The monoisotopic (exact) mass is 365 g/mol. The van der Waals surface area contributed by atoms with Gasteiger partial charge < -0.3 is 15.5 Å². The van der Waals surface area contributed by atoms with Crippen molar-refractivity contribution < 1.29 is 9.59 Å². The molecule has 1 saturated heterocycles. The Bertz CT molecular complexity index is 783. The molecular weight excluding hydrogens is 338 g/mol. The van der Waals surface area contributed by atoms with E-state index in [1.54, 1.807) is 6.07 Å². The molecule has 0 aromatic heterocycles. The van der Waals surface area contributed by atoms with E-state index < -0.39 is 0 Å². The van der Waals surface area contributed by atoms with Crippen LogP contribution in [-0.4, -0.2) is 24.9 Å². The first-order valence-electron chi connectivity index (χ1n) is 9.68. The molecular formula is C22H27N3O2. The molecule has 5 heteroatoms. The van der Waals surface area contributed by atoms with Crippen LogP contribution in [0, 0.1) is 0 Å². The minimum Gasteiger partial charge on any atom is -0.371 e. The molecule has 2 aromatic rings. The summed E-state index contributed by atoms with van der Waals surface area (Å²) in [7, 11) is 0. The van der Waals surface area contributed by atoms with Crippen LogP contribution in [0.5, 0.6) is 0 Å². The lowest BCUT2D eigenvalue weighted by molar-refractivity contribution is -0.116. The predicted molar refractivity (Wildman–Crippen MR) is 109 cm³/mol. The SMILES string of the molecule is CCCC(=O)Nc1ccc(N2CCCC2)c(C(=O)NCc2ccccc2)c1. The molecule has 0 saturated carbocycles. The number of benzene rings is 2. The molecule has 2 N–H and O–H groups in total. The van der Waals surface area contributed by atoms with Crippen LogP contribution < -0.4 is 15.5 Å². The van der Waals surface area contributed by atoms with Crippen molar-refractivity contribution in [2.75, 3.05) is 23.3 Å².